The Morgan fingerprint density at radius 1 is 1.47 bits per heavy atom. The summed E-state index contributed by atoms with van der Waals surface area (Å²) in [4.78, 5) is 2.82. The molecule has 2 rings (SSSR count). The molecule has 5 nitrogen and oxygen atoms in total. The topological polar surface area (TPSA) is 82.2 Å². The lowest BCUT2D eigenvalue weighted by molar-refractivity contribution is 0.277. The number of aromatic amines is 1. The van der Waals surface area contributed by atoms with Gasteiger partial charge in [0.05, 0.1) is 11.5 Å². The predicted molar refractivity (Wildman–Crippen MR) is 65.1 cm³/mol. The molecule has 0 amide bonds. The normalized spacial score (nSPS) is 11.8. The van der Waals surface area contributed by atoms with Crippen LogP contribution in [0.15, 0.2) is 34.0 Å². The number of sulfonamides is 1. The number of aromatic nitrogens is 1. The maximum atomic E-state index is 11.8. The first-order valence-electron chi connectivity index (χ1n) is 4.91. The van der Waals surface area contributed by atoms with Gasteiger partial charge in [-0.15, -0.1) is 0 Å². The number of nitrogens with one attached hydrogen (secondary N) is 2. The largest absolute Gasteiger partial charge is 0.390 e. The summed E-state index contributed by atoms with van der Waals surface area (Å²) in [5, 5.41) is 12.6. The lowest BCUT2D eigenvalue weighted by atomic mass is 10.4. The zero-order chi connectivity index (χ0) is 12.3. The van der Waals surface area contributed by atoms with Crippen molar-refractivity contribution in [2.75, 3.05) is 0 Å². The second-order valence-electron chi connectivity index (χ2n) is 3.47. The van der Waals surface area contributed by atoms with Gasteiger partial charge in [-0.25, -0.2) is 13.1 Å². The van der Waals surface area contributed by atoms with Crippen molar-refractivity contribution in [3.63, 3.8) is 0 Å². The third-order valence-electron chi connectivity index (χ3n) is 2.24. The molecule has 0 unspecified atom stereocenters. The molecule has 0 aliphatic rings. The molecule has 0 saturated heterocycles. The van der Waals surface area contributed by atoms with E-state index in [-0.39, 0.29) is 18.0 Å². The molecule has 0 fully saturated rings. The van der Waals surface area contributed by atoms with E-state index in [4.69, 9.17) is 5.11 Å². The van der Waals surface area contributed by atoms with Gasteiger partial charge in [0, 0.05) is 18.4 Å². The van der Waals surface area contributed by atoms with Crippen molar-refractivity contribution in [1.82, 2.24) is 9.71 Å². The molecule has 0 aliphatic heterocycles. The van der Waals surface area contributed by atoms with Crippen LogP contribution >= 0.6 is 11.3 Å². The van der Waals surface area contributed by atoms with Gasteiger partial charge >= 0.3 is 0 Å². The van der Waals surface area contributed by atoms with Gasteiger partial charge in [0.1, 0.15) is 0 Å². The average molecular weight is 272 g/mol. The van der Waals surface area contributed by atoms with Crippen molar-refractivity contribution in [1.29, 1.82) is 0 Å². The van der Waals surface area contributed by atoms with E-state index in [9.17, 15) is 8.42 Å². The number of thiophene rings is 1. The van der Waals surface area contributed by atoms with E-state index in [2.05, 4.69) is 9.71 Å². The highest BCUT2D eigenvalue weighted by atomic mass is 32.2. The number of H-pyrrole nitrogens is 1. The minimum Gasteiger partial charge on any atom is -0.390 e. The summed E-state index contributed by atoms with van der Waals surface area (Å²) < 4.78 is 26.2. The maximum absolute atomic E-state index is 11.8. The Morgan fingerprint density at radius 2 is 2.29 bits per heavy atom. The predicted octanol–water partition coefficient (Wildman–Crippen LogP) is 1.05. The van der Waals surface area contributed by atoms with E-state index < -0.39 is 10.0 Å². The molecule has 0 radical (unpaired) electrons. The number of hydrogen-bond donors (Lipinski definition) is 3. The van der Waals surface area contributed by atoms with E-state index in [1.54, 1.807) is 0 Å². The van der Waals surface area contributed by atoms with E-state index in [1.165, 1.54) is 23.6 Å². The van der Waals surface area contributed by atoms with Crippen molar-refractivity contribution >= 4 is 21.4 Å². The van der Waals surface area contributed by atoms with Crippen LogP contribution in [0, 0.1) is 0 Å². The second kappa shape index (κ2) is 5.01. The molecule has 0 spiro atoms. The van der Waals surface area contributed by atoms with Crippen LogP contribution in [0.3, 0.4) is 0 Å². The molecular formula is C10H12N2O3S2. The van der Waals surface area contributed by atoms with Crippen LogP contribution in [0.2, 0.25) is 0 Å². The summed E-state index contributed by atoms with van der Waals surface area (Å²) in [6.45, 7) is 0.0610. The molecule has 0 bridgehead atoms. The van der Waals surface area contributed by atoms with E-state index in [0.29, 0.717) is 5.69 Å². The number of aliphatic hydroxyl groups is 1. The zero-order valence-electron chi connectivity index (χ0n) is 8.88. The van der Waals surface area contributed by atoms with Crippen molar-refractivity contribution < 1.29 is 13.5 Å². The third-order valence-corrected chi connectivity index (χ3v) is 4.36. The molecule has 7 heteroatoms. The van der Waals surface area contributed by atoms with Crippen molar-refractivity contribution in [3.8, 4) is 0 Å². The molecule has 0 atom stereocenters. The quantitative estimate of drug-likeness (QED) is 0.761. The average Bonchev–Trinajstić information content (AvgIpc) is 2.98. The Balaban J connectivity index is 2.08. The Hall–Kier alpha value is -1.15. The van der Waals surface area contributed by atoms with Crippen molar-refractivity contribution in [2.24, 2.45) is 0 Å². The standard InChI is InChI=1S/C10H12N2O3S2/c13-6-9-3-10(5-11-9)17(14,15)12-4-8-1-2-16-7-8/h1-3,5,7,11-13H,4,6H2. The first-order valence-corrected chi connectivity index (χ1v) is 7.33. The summed E-state index contributed by atoms with van der Waals surface area (Å²) in [5.41, 5.74) is 1.40. The van der Waals surface area contributed by atoms with E-state index >= 15 is 0 Å². The third kappa shape index (κ3) is 2.95. The highest BCUT2D eigenvalue weighted by Crippen LogP contribution is 2.12. The number of hydrogen-bond acceptors (Lipinski definition) is 4. The van der Waals surface area contributed by atoms with Crippen LogP contribution < -0.4 is 4.72 Å². The lowest BCUT2D eigenvalue weighted by Crippen LogP contribution is -2.22. The minimum absolute atomic E-state index is 0.136. The highest BCUT2D eigenvalue weighted by Gasteiger charge is 2.15. The fourth-order valence-electron chi connectivity index (χ4n) is 1.32. The molecule has 92 valence electrons. The summed E-state index contributed by atoms with van der Waals surface area (Å²) in [5.74, 6) is 0. The highest BCUT2D eigenvalue weighted by molar-refractivity contribution is 7.89. The molecule has 0 saturated carbocycles. The fraction of sp³-hybridized carbons (Fsp3) is 0.200. The minimum atomic E-state index is -3.51. The van der Waals surface area contributed by atoms with Crippen LogP contribution in [-0.2, 0) is 23.2 Å². The Labute approximate surface area is 103 Å². The van der Waals surface area contributed by atoms with Gasteiger partial charge in [0.25, 0.3) is 0 Å². The monoisotopic (exact) mass is 272 g/mol. The van der Waals surface area contributed by atoms with Gasteiger partial charge in [0.2, 0.25) is 10.0 Å². The molecule has 17 heavy (non-hydrogen) atoms. The van der Waals surface area contributed by atoms with Crippen LogP contribution in [-0.4, -0.2) is 18.5 Å². The number of rotatable bonds is 5. The van der Waals surface area contributed by atoms with Crippen LogP contribution in [0.25, 0.3) is 0 Å². The molecular weight excluding hydrogens is 260 g/mol. The smallest absolute Gasteiger partial charge is 0.242 e. The van der Waals surface area contributed by atoms with E-state index in [0.717, 1.165) is 5.56 Å². The van der Waals surface area contributed by atoms with Gasteiger partial charge < -0.3 is 10.1 Å². The Morgan fingerprint density at radius 3 is 2.88 bits per heavy atom. The summed E-state index contributed by atoms with van der Waals surface area (Å²) in [6, 6.07) is 3.28. The fourth-order valence-corrected chi connectivity index (χ4v) is 3.02. The molecule has 2 aromatic heterocycles. The van der Waals surface area contributed by atoms with E-state index in [1.807, 2.05) is 16.8 Å². The summed E-state index contributed by atoms with van der Waals surface area (Å²) in [6.07, 6.45) is 1.36. The number of aliphatic hydroxyl groups excluding tert-OH is 1. The van der Waals surface area contributed by atoms with Crippen LogP contribution in [0.5, 0.6) is 0 Å². The first-order chi connectivity index (χ1) is 8.12. The second-order valence-corrected chi connectivity index (χ2v) is 6.02. The molecule has 2 heterocycles. The molecule has 0 aliphatic carbocycles. The summed E-state index contributed by atoms with van der Waals surface area (Å²) >= 11 is 1.52. The van der Waals surface area contributed by atoms with Gasteiger partial charge in [-0.3, -0.25) is 0 Å². The maximum Gasteiger partial charge on any atom is 0.242 e. The van der Waals surface area contributed by atoms with Crippen molar-refractivity contribution in [2.45, 2.75) is 18.0 Å². The van der Waals surface area contributed by atoms with Gasteiger partial charge in [-0.1, -0.05) is 0 Å². The van der Waals surface area contributed by atoms with Crippen LogP contribution in [0.4, 0.5) is 0 Å². The molecule has 3 N–H and O–H groups in total. The SMILES string of the molecule is O=S(=O)(NCc1ccsc1)c1c[nH]c(CO)c1. The zero-order valence-corrected chi connectivity index (χ0v) is 10.5. The molecule has 2 aromatic rings. The lowest BCUT2D eigenvalue weighted by Gasteiger charge is -2.02. The Kier molecular flexibility index (Phi) is 3.63. The van der Waals surface area contributed by atoms with Gasteiger partial charge in [-0.2, -0.15) is 11.3 Å². The Bertz CT molecular complexity index is 572. The summed E-state index contributed by atoms with van der Waals surface area (Å²) in [7, 11) is -3.51. The first kappa shape index (κ1) is 12.3. The van der Waals surface area contributed by atoms with Crippen LogP contribution in [0.1, 0.15) is 11.3 Å². The van der Waals surface area contributed by atoms with Crippen molar-refractivity contribution in [3.05, 3.63) is 40.3 Å². The van der Waals surface area contributed by atoms with Gasteiger partial charge in [-0.05, 0) is 28.5 Å². The molecule has 0 aromatic carbocycles. The van der Waals surface area contributed by atoms with Gasteiger partial charge in [0.15, 0.2) is 0 Å².